The van der Waals surface area contributed by atoms with Crippen LogP contribution < -0.4 is 5.43 Å². The summed E-state index contributed by atoms with van der Waals surface area (Å²) in [6.07, 6.45) is 3.11. The van der Waals surface area contributed by atoms with Gasteiger partial charge < -0.3 is 4.74 Å². The molecule has 9 heteroatoms. The summed E-state index contributed by atoms with van der Waals surface area (Å²) in [5.41, 5.74) is 4.00. The predicted octanol–water partition coefficient (Wildman–Crippen LogP) is 3.12. The number of hydrogen-bond donors (Lipinski definition) is 1. The third-order valence-corrected chi connectivity index (χ3v) is 4.58. The molecule has 0 aromatic carbocycles. The first-order chi connectivity index (χ1) is 13.6. The third-order valence-electron chi connectivity index (χ3n) is 3.54. The van der Waals surface area contributed by atoms with Gasteiger partial charge >= 0.3 is 5.97 Å². The largest absolute Gasteiger partial charge is 0.462 e. The molecular weight excluding hydrogens is 378 g/mol. The van der Waals surface area contributed by atoms with Crippen molar-refractivity contribution in [1.29, 1.82) is 0 Å². The van der Waals surface area contributed by atoms with E-state index in [4.69, 9.17) is 4.74 Å². The number of aryl methyl sites for hydroxylation is 1. The minimum absolute atomic E-state index is 0.0878. The summed E-state index contributed by atoms with van der Waals surface area (Å²) >= 11 is 1.10. The van der Waals surface area contributed by atoms with Gasteiger partial charge in [0.2, 0.25) is 10.9 Å². The number of Topliss-reactive ketones (excluding diaryl/α,β-unsaturated/α-hetero) is 1. The van der Waals surface area contributed by atoms with Crippen LogP contribution in [0.5, 0.6) is 0 Å². The van der Waals surface area contributed by atoms with E-state index in [9.17, 15) is 9.59 Å². The molecule has 0 saturated carbocycles. The van der Waals surface area contributed by atoms with Gasteiger partial charge in [-0.25, -0.2) is 9.78 Å². The second-order valence-electron chi connectivity index (χ2n) is 5.49. The lowest BCUT2D eigenvalue weighted by Gasteiger charge is -2.05. The van der Waals surface area contributed by atoms with Gasteiger partial charge in [0.1, 0.15) is 10.6 Å². The van der Waals surface area contributed by atoms with Crippen molar-refractivity contribution < 1.29 is 14.3 Å². The van der Waals surface area contributed by atoms with Crippen LogP contribution >= 0.6 is 11.3 Å². The molecule has 0 saturated heterocycles. The average molecular weight is 395 g/mol. The highest BCUT2D eigenvalue weighted by atomic mass is 32.1. The van der Waals surface area contributed by atoms with Crippen LogP contribution in [0.25, 0.3) is 0 Å². The number of rotatable bonds is 7. The van der Waals surface area contributed by atoms with Crippen molar-refractivity contribution >= 4 is 33.9 Å². The summed E-state index contributed by atoms with van der Waals surface area (Å²) in [5.74, 6) is -0.824. The second-order valence-corrected chi connectivity index (χ2v) is 6.48. The summed E-state index contributed by atoms with van der Waals surface area (Å²) in [5, 5.41) is 4.57. The molecule has 28 heavy (non-hydrogen) atoms. The molecule has 0 unspecified atom stereocenters. The van der Waals surface area contributed by atoms with Gasteiger partial charge in [-0.15, -0.1) is 0 Å². The van der Waals surface area contributed by atoms with Gasteiger partial charge in [0, 0.05) is 12.4 Å². The Balaban J connectivity index is 1.91. The molecule has 0 atom stereocenters. The minimum atomic E-state index is -0.441. The fourth-order valence-electron chi connectivity index (χ4n) is 2.28. The van der Waals surface area contributed by atoms with Crippen LogP contribution in [-0.4, -0.2) is 39.0 Å². The SMILES string of the molecule is CCOC(=O)c1sc(N/N=C(\C(=O)c2ccccn2)c2ccccn2)nc1C. The first-order valence-electron chi connectivity index (χ1n) is 8.45. The Morgan fingerprint density at radius 3 is 2.39 bits per heavy atom. The van der Waals surface area contributed by atoms with E-state index >= 15 is 0 Å². The summed E-state index contributed by atoms with van der Waals surface area (Å²) in [6.45, 7) is 3.72. The zero-order valence-electron chi connectivity index (χ0n) is 15.2. The molecule has 8 nitrogen and oxygen atoms in total. The number of nitrogens with zero attached hydrogens (tertiary/aromatic N) is 4. The maximum Gasteiger partial charge on any atom is 0.350 e. The molecule has 0 aliphatic carbocycles. The van der Waals surface area contributed by atoms with Crippen LogP contribution in [0.2, 0.25) is 0 Å². The zero-order valence-corrected chi connectivity index (χ0v) is 16.1. The molecule has 0 radical (unpaired) electrons. The van der Waals surface area contributed by atoms with Gasteiger partial charge in [-0.1, -0.05) is 23.5 Å². The Hall–Kier alpha value is -3.46. The number of carbonyl (C=O) groups is 2. The number of anilines is 1. The first-order valence-corrected chi connectivity index (χ1v) is 9.27. The van der Waals surface area contributed by atoms with Crippen molar-refractivity contribution in [1.82, 2.24) is 15.0 Å². The minimum Gasteiger partial charge on any atom is -0.462 e. The Morgan fingerprint density at radius 2 is 1.79 bits per heavy atom. The van der Waals surface area contributed by atoms with Gasteiger partial charge in [-0.3, -0.25) is 20.2 Å². The Bertz CT molecular complexity index is 1000. The smallest absolute Gasteiger partial charge is 0.350 e. The molecule has 0 amide bonds. The lowest BCUT2D eigenvalue weighted by atomic mass is 10.1. The van der Waals surface area contributed by atoms with Crippen molar-refractivity contribution in [2.24, 2.45) is 5.10 Å². The zero-order chi connectivity index (χ0) is 19.9. The van der Waals surface area contributed by atoms with E-state index in [-0.39, 0.29) is 23.8 Å². The van der Waals surface area contributed by atoms with Gasteiger partial charge in [0.15, 0.2) is 5.71 Å². The number of pyridine rings is 2. The van der Waals surface area contributed by atoms with Crippen LogP contribution in [0.3, 0.4) is 0 Å². The number of ketones is 1. The van der Waals surface area contributed by atoms with E-state index < -0.39 is 5.97 Å². The Morgan fingerprint density at radius 1 is 1.11 bits per heavy atom. The standard InChI is InChI=1S/C19H17N5O3S/c1-3-27-18(26)17-12(2)22-19(28-17)24-23-15(13-8-4-6-10-20-13)16(25)14-9-5-7-11-21-14/h4-11H,3H2,1-2H3,(H,22,24)/b23-15-. The van der Waals surface area contributed by atoms with Crippen LogP contribution in [0.4, 0.5) is 5.13 Å². The van der Waals surface area contributed by atoms with Crippen molar-refractivity contribution in [2.45, 2.75) is 13.8 Å². The van der Waals surface area contributed by atoms with Crippen LogP contribution in [-0.2, 0) is 4.74 Å². The molecule has 3 heterocycles. The molecule has 3 aromatic heterocycles. The maximum absolute atomic E-state index is 12.9. The second kappa shape index (κ2) is 8.96. The lowest BCUT2D eigenvalue weighted by molar-refractivity contribution is 0.0531. The third kappa shape index (κ3) is 4.44. The summed E-state index contributed by atoms with van der Waals surface area (Å²) in [6, 6.07) is 10.2. The van der Waals surface area contributed by atoms with Crippen LogP contribution in [0.1, 0.15) is 38.5 Å². The van der Waals surface area contributed by atoms with Crippen molar-refractivity contribution in [3.8, 4) is 0 Å². The van der Waals surface area contributed by atoms with Crippen LogP contribution in [0.15, 0.2) is 53.9 Å². The maximum atomic E-state index is 12.9. The summed E-state index contributed by atoms with van der Waals surface area (Å²) in [7, 11) is 0. The topological polar surface area (TPSA) is 106 Å². The average Bonchev–Trinajstić information content (AvgIpc) is 3.10. The molecular formula is C19H17N5O3S. The fourth-order valence-corrected chi connectivity index (χ4v) is 3.08. The number of aromatic nitrogens is 3. The number of hydrogen-bond acceptors (Lipinski definition) is 9. The van der Waals surface area contributed by atoms with E-state index in [0.717, 1.165) is 11.3 Å². The van der Waals surface area contributed by atoms with Gasteiger partial charge in [0.05, 0.1) is 18.0 Å². The number of ether oxygens (including phenoxy) is 1. The molecule has 0 fully saturated rings. The van der Waals surface area contributed by atoms with E-state index in [1.807, 2.05) is 0 Å². The van der Waals surface area contributed by atoms with Crippen molar-refractivity contribution in [2.75, 3.05) is 12.0 Å². The molecule has 0 bridgehead atoms. The van der Waals surface area contributed by atoms with Crippen molar-refractivity contribution in [3.05, 3.63) is 70.8 Å². The van der Waals surface area contributed by atoms with Crippen molar-refractivity contribution in [3.63, 3.8) is 0 Å². The lowest BCUT2D eigenvalue weighted by Crippen LogP contribution is -2.19. The highest BCUT2D eigenvalue weighted by Crippen LogP contribution is 2.23. The summed E-state index contributed by atoms with van der Waals surface area (Å²) < 4.78 is 5.01. The number of esters is 1. The number of thiazole rings is 1. The normalized spacial score (nSPS) is 11.1. The van der Waals surface area contributed by atoms with E-state index in [2.05, 4.69) is 25.5 Å². The highest BCUT2D eigenvalue weighted by Gasteiger charge is 2.20. The van der Waals surface area contributed by atoms with E-state index in [0.29, 0.717) is 21.4 Å². The molecule has 3 rings (SSSR count). The van der Waals surface area contributed by atoms with Crippen LogP contribution in [0, 0.1) is 6.92 Å². The quantitative estimate of drug-likeness (QED) is 0.283. The number of carbonyl (C=O) groups excluding carboxylic acids is 2. The van der Waals surface area contributed by atoms with Gasteiger partial charge in [-0.2, -0.15) is 5.10 Å². The molecule has 0 aliphatic heterocycles. The molecule has 3 aromatic rings. The highest BCUT2D eigenvalue weighted by molar-refractivity contribution is 7.17. The fraction of sp³-hybridized carbons (Fsp3) is 0.158. The number of hydrazone groups is 1. The van der Waals surface area contributed by atoms with Gasteiger partial charge in [-0.05, 0) is 38.1 Å². The predicted molar refractivity (Wildman–Crippen MR) is 106 cm³/mol. The molecule has 0 aliphatic rings. The summed E-state index contributed by atoms with van der Waals surface area (Å²) in [4.78, 5) is 37.7. The Labute approximate surface area is 165 Å². The molecule has 1 N–H and O–H groups in total. The molecule has 142 valence electrons. The van der Waals surface area contributed by atoms with E-state index in [1.165, 1.54) is 6.20 Å². The Kier molecular flexibility index (Phi) is 6.18. The van der Waals surface area contributed by atoms with E-state index in [1.54, 1.807) is 56.4 Å². The number of nitrogens with one attached hydrogen (secondary N) is 1. The van der Waals surface area contributed by atoms with Gasteiger partial charge in [0.25, 0.3) is 0 Å². The first kappa shape index (κ1) is 19.3. The molecule has 0 spiro atoms. The monoisotopic (exact) mass is 395 g/mol.